The summed E-state index contributed by atoms with van der Waals surface area (Å²) in [5.74, 6) is 0.979. The van der Waals surface area contributed by atoms with Gasteiger partial charge < -0.3 is 15.0 Å². The molecule has 0 spiro atoms. The van der Waals surface area contributed by atoms with Crippen molar-refractivity contribution in [2.75, 3.05) is 44.7 Å². The largest absolute Gasteiger partial charge is 0.495 e. The van der Waals surface area contributed by atoms with E-state index >= 15 is 0 Å². The topological polar surface area (TPSA) is 44.8 Å². The third-order valence-electron chi connectivity index (χ3n) is 5.57. The van der Waals surface area contributed by atoms with Crippen molar-refractivity contribution in [1.82, 2.24) is 10.2 Å². The molecular formula is C23H31N3O2. The van der Waals surface area contributed by atoms with E-state index < -0.39 is 0 Å². The first kappa shape index (κ1) is 20.2. The minimum Gasteiger partial charge on any atom is -0.495 e. The van der Waals surface area contributed by atoms with Crippen molar-refractivity contribution in [2.24, 2.45) is 0 Å². The number of carbonyl (C=O) groups is 1. The van der Waals surface area contributed by atoms with Crippen molar-refractivity contribution >= 4 is 11.6 Å². The van der Waals surface area contributed by atoms with Gasteiger partial charge in [-0.25, -0.2) is 0 Å². The van der Waals surface area contributed by atoms with E-state index in [1.54, 1.807) is 7.11 Å². The molecule has 1 fully saturated rings. The van der Waals surface area contributed by atoms with E-state index in [2.05, 4.69) is 53.2 Å². The highest BCUT2D eigenvalue weighted by Crippen LogP contribution is 2.28. The Morgan fingerprint density at radius 3 is 2.46 bits per heavy atom. The van der Waals surface area contributed by atoms with Gasteiger partial charge in [-0.2, -0.15) is 0 Å². The molecule has 1 unspecified atom stereocenters. The zero-order chi connectivity index (χ0) is 20.1. The molecule has 0 bridgehead atoms. The predicted octanol–water partition coefficient (Wildman–Crippen LogP) is 3.31. The number of ether oxygens (including phenoxy) is 1. The summed E-state index contributed by atoms with van der Waals surface area (Å²) in [4.78, 5) is 17.1. The van der Waals surface area contributed by atoms with Crippen LogP contribution in [0.2, 0.25) is 0 Å². The number of amides is 1. The number of rotatable bonds is 6. The van der Waals surface area contributed by atoms with Crippen molar-refractivity contribution in [3.05, 3.63) is 59.2 Å². The van der Waals surface area contributed by atoms with Crippen LogP contribution < -0.4 is 15.0 Å². The Kier molecular flexibility index (Phi) is 6.57. The van der Waals surface area contributed by atoms with Gasteiger partial charge in [0.15, 0.2) is 0 Å². The standard InChI is InChI=1S/C23H31N3O2/c1-17-9-10-20(15-18(17)2)19(3)24-23(27)16-25-11-13-26(14-12-25)21-7-5-6-8-22(21)28-4/h5-10,15,19H,11-14,16H2,1-4H3,(H,24,27). The van der Waals surface area contributed by atoms with Gasteiger partial charge in [0, 0.05) is 26.2 Å². The molecule has 2 aromatic carbocycles. The van der Waals surface area contributed by atoms with Crippen LogP contribution in [0, 0.1) is 13.8 Å². The summed E-state index contributed by atoms with van der Waals surface area (Å²) in [6.07, 6.45) is 0. The number of aryl methyl sites for hydroxylation is 2. The fraction of sp³-hybridized carbons (Fsp3) is 0.435. The van der Waals surface area contributed by atoms with E-state index in [1.165, 1.54) is 11.1 Å². The Labute approximate surface area is 168 Å². The van der Waals surface area contributed by atoms with E-state index in [0.717, 1.165) is 43.2 Å². The van der Waals surface area contributed by atoms with Gasteiger partial charge in [-0.3, -0.25) is 9.69 Å². The van der Waals surface area contributed by atoms with Crippen molar-refractivity contribution in [2.45, 2.75) is 26.8 Å². The van der Waals surface area contributed by atoms with Crippen molar-refractivity contribution in [3.63, 3.8) is 0 Å². The minimum atomic E-state index is 0.0154. The van der Waals surface area contributed by atoms with Gasteiger partial charge in [0.1, 0.15) is 5.75 Å². The first-order chi connectivity index (χ1) is 13.5. The maximum atomic E-state index is 12.5. The van der Waals surface area contributed by atoms with Gasteiger partial charge in [0.25, 0.3) is 0 Å². The van der Waals surface area contributed by atoms with Crippen LogP contribution in [0.4, 0.5) is 5.69 Å². The number of hydrogen-bond donors (Lipinski definition) is 1. The second-order valence-corrected chi connectivity index (χ2v) is 7.57. The summed E-state index contributed by atoms with van der Waals surface area (Å²) < 4.78 is 5.47. The van der Waals surface area contributed by atoms with Gasteiger partial charge in [0.05, 0.1) is 25.4 Å². The van der Waals surface area contributed by atoms with Crippen molar-refractivity contribution < 1.29 is 9.53 Å². The normalized spacial score (nSPS) is 15.9. The van der Waals surface area contributed by atoms with E-state index in [4.69, 9.17) is 4.74 Å². The molecule has 0 aliphatic carbocycles. The highest BCUT2D eigenvalue weighted by atomic mass is 16.5. The molecule has 0 aromatic heterocycles. The summed E-state index contributed by atoms with van der Waals surface area (Å²) in [7, 11) is 1.70. The molecule has 2 aromatic rings. The molecule has 5 nitrogen and oxygen atoms in total. The summed E-state index contributed by atoms with van der Waals surface area (Å²) in [5, 5.41) is 3.14. The van der Waals surface area contributed by atoms with Crippen LogP contribution in [-0.2, 0) is 4.79 Å². The lowest BCUT2D eigenvalue weighted by molar-refractivity contribution is -0.123. The molecule has 150 valence electrons. The smallest absolute Gasteiger partial charge is 0.234 e. The van der Waals surface area contributed by atoms with Gasteiger partial charge in [-0.15, -0.1) is 0 Å². The Hall–Kier alpha value is -2.53. The van der Waals surface area contributed by atoms with Crippen LogP contribution in [0.1, 0.15) is 29.7 Å². The highest BCUT2D eigenvalue weighted by molar-refractivity contribution is 5.78. The molecular weight excluding hydrogens is 350 g/mol. The molecule has 0 saturated carbocycles. The summed E-state index contributed by atoms with van der Waals surface area (Å²) in [5.41, 5.74) is 4.80. The number of hydrogen-bond acceptors (Lipinski definition) is 4. The van der Waals surface area contributed by atoms with Gasteiger partial charge in [-0.1, -0.05) is 30.3 Å². The Bertz CT molecular complexity index is 813. The summed E-state index contributed by atoms with van der Waals surface area (Å²) >= 11 is 0. The third kappa shape index (κ3) is 4.84. The van der Waals surface area contributed by atoms with E-state index in [0.29, 0.717) is 6.54 Å². The molecule has 1 amide bonds. The Morgan fingerprint density at radius 2 is 1.79 bits per heavy atom. The molecule has 1 aliphatic rings. The van der Waals surface area contributed by atoms with Crippen molar-refractivity contribution in [3.8, 4) is 5.75 Å². The molecule has 1 aliphatic heterocycles. The molecule has 5 heteroatoms. The van der Waals surface area contributed by atoms with E-state index in [-0.39, 0.29) is 11.9 Å². The van der Waals surface area contributed by atoms with Crippen LogP contribution >= 0.6 is 0 Å². The SMILES string of the molecule is COc1ccccc1N1CCN(CC(=O)NC(C)c2ccc(C)c(C)c2)CC1. The van der Waals surface area contributed by atoms with Gasteiger partial charge >= 0.3 is 0 Å². The number of nitrogens with one attached hydrogen (secondary N) is 1. The van der Waals surface area contributed by atoms with Gasteiger partial charge in [0.2, 0.25) is 5.91 Å². The Balaban J connectivity index is 1.50. The third-order valence-corrected chi connectivity index (χ3v) is 5.57. The molecule has 1 N–H and O–H groups in total. The zero-order valence-electron chi connectivity index (χ0n) is 17.4. The second kappa shape index (κ2) is 9.11. The first-order valence-electron chi connectivity index (χ1n) is 9.94. The molecule has 1 heterocycles. The lowest BCUT2D eigenvalue weighted by atomic mass is 10.0. The molecule has 0 radical (unpaired) electrons. The number of anilines is 1. The average Bonchev–Trinajstić information content (AvgIpc) is 2.70. The summed E-state index contributed by atoms with van der Waals surface area (Å²) in [6, 6.07) is 14.5. The van der Waals surface area contributed by atoms with Crippen LogP contribution in [0.3, 0.4) is 0 Å². The maximum Gasteiger partial charge on any atom is 0.234 e. The van der Waals surface area contributed by atoms with Crippen LogP contribution in [0.15, 0.2) is 42.5 Å². The monoisotopic (exact) mass is 381 g/mol. The predicted molar refractivity (Wildman–Crippen MR) is 114 cm³/mol. The fourth-order valence-corrected chi connectivity index (χ4v) is 3.65. The number of benzene rings is 2. The number of para-hydroxylation sites is 2. The van der Waals surface area contributed by atoms with E-state index in [9.17, 15) is 4.79 Å². The lowest BCUT2D eigenvalue weighted by Crippen LogP contribution is -2.49. The number of nitrogens with zero attached hydrogens (tertiary/aromatic N) is 2. The Morgan fingerprint density at radius 1 is 1.07 bits per heavy atom. The van der Waals surface area contributed by atoms with Crippen LogP contribution in [-0.4, -0.2) is 50.6 Å². The van der Waals surface area contributed by atoms with Crippen LogP contribution in [0.25, 0.3) is 0 Å². The molecule has 28 heavy (non-hydrogen) atoms. The molecule has 1 atom stereocenters. The quantitative estimate of drug-likeness (QED) is 0.834. The van der Waals surface area contributed by atoms with E-state index in [1.807, 2.05) is 25.1 Å². The zero-order valence-corrected chi connectivity index (χ0v) is 17.4. The maximum absolute atomic E-state index is 12.5. The van der Waals surface area contributed by atoms with Gasteiger partial charge in [-0.05, 0) is 49.6 Å². The molecule has 1 saturated heterocycles. The number of piperazine rings is 1. The number of methoxy groups -OCH3 is 1. The number of carbonyl (C=O) groups excluding carboxylic acids is 1. The first-order valence-corrected chi connectivity index (χ1v) is 9.94. The van der Waals surface area contributed by atoms with Crippen LogP contribution in [0.5, 0.6) is 5.75 Å². The highest BCUT2D eigenvalue weighted by Gasteiger charge is 2.21. The average molecular weight is 382 g/mol. The minimum absolute atomic E-state index is 0.0154. The second-order valence-electron chi connectivity index (χ2n) is 7.57. The molecule has 3 rings (SSSR count). The lowest BCUT2D eigenvalue weighted by Gasteiger charge is -2.36. The fourth-order valence-electron chi connectivity index (χ4n) is 3.65. The van der Waals surface area contributed by atoms with Crippen molar-refractivity contribution in [1.29, 1.82) is 0 Å². The summed E-state index contributed by atoms with van der Waals surface area (Å²) in [6.45, 7) is 10.2.